The van der Waals surface area contributed by atoms with Crippen LogP contribution in [-0.4, -0.2) is 5.16 Å². The quantitative estimate of drug-likeness (QED) is 0.713. The van der Waals surface area contributed by atoms with Crippen molar-refractivity contribution < 1.29 is 4.52 Å². The standard InChI is InChI=1S/C16H10ClNO2/c17-13-7-3-1-5-11(13)9-10-14-12-6-2-4-8-15(19)16(12)20-18-14/h1-10H/b10-9+. The van der Waals surface area contributed by atoms with Gasteiger partial charge in [0.25, 0.3) is 0 Å². The van der Waals surface area contributed by atoms with E-state index in [1.807, 2.05) is 30.3 Å². The third-order valence-electron chi connectivity index (χ3n) is 2.93. The molecule has 0 N–H and O–H groups in total. The van der Waals surface area contributed by atoms with E-state index in [0.29, 0.717) is 16.1 Å². The molecule has 0 unspecified atom stereocenters. The second-order valence-corrected chi connectivity index (χ2v) is 4.66. The van der Waals surface area contributed by atoms with Gasteiger partial charge in [0, 0.05) is 5.02 Å². The summed E-state index contributed by atoms with van der Waals surface area (Å²) in [6.45, 7) is 0. The summed E-state index contributed by atoms with van der Waals surface area (Å²) in [5.41, 5.74) is 1.56. The minimum atomic E-state index is -0.185. The topological polar surface area (TPSA) is 43.1 Å². The molecule has 0 saturated carbocycles. The summed E-state index contributed by atoms with van der Waals surface area (Å²) in [6.07, 6.45) is 3.63. The second kappa shape index (κ2) is 5.31. The lowest BCUT2D eigenvalue weighted by Gasteiger charge is -1.95. The van der Waals surface area contributed by atoms with Gasteiger partial charge in [0.05, 0.1) is 5.39 Å². The maximum atomic E-state index is 11.7. The molecule has 1 aromatic heterocycles. The highest BCUT2D eigenvalue weighted by atomic mass is 35.5. The third-order valence-corrected chi connectivity index (χ3v) is 3.27. The number of hydrogen-bond acceptors (Lipinski definition) is 3. The zero-order valence-electron chi connectivity index (χ0n) is 10.4. The molecule has 20 heavy (non-hydrogen) atoms. The first kappa shape index (κ1) is 12.6. The van der Waals surface area contributed by atoms with Crippen LogP contribution in [-0.2, 0) is 0 Å². The highest BCUT2D eigenvalue weighted by molar-refractivity contribution is 6.32. The van der Waals surface area contributed by atoms with Crippen LogP contribution in [0.25, 0.3) is 23.1 Å². The van der Waals surface area contributed by atoms with Crippen molar-refractivity contribution >= 4 is 34.7 Å². The molecule has 0 bridgehead atoms. The van der Waals surface area contributed by atoms with Gasteiger partial charge in [0.1, 0.15) is 5.69 Å². The molecule has 0 aliphatic rings. The summed E-state index contributed by atoms with van der Waals surface area (Å²) in [6, 6.07) is 14.2. The first-order chi connectivity index (χ1) is 9.75. The Morgan fingerprint density at radius 3 is 2.60 bits per heavy atom. The molecule has 0 amide bonds. The molecule has 0 aliphatic carbocycles. The Morgan fingerprint density at radius 2 is 1.75 bits per heavy atom. The monoisotopic (exact) mass is 283 g/mol. The van der Waals surface area contributed by atoms with Crippen LogP contribution >= 0.6 is 11.6 Å². The fraction of sp³-hybridized carbons (Fsp3) is 0. The lowest BCUT2D eigenvalue weighted by Crippen LogP contribution is -1.91. The zero-order valence-corrected chi connectivity index (χ0v) is 11.2. The fourth-order valence-electron chi connectivity index (χ4n) is 1.92. The highest BCUT2D eigenvalue weighted by Gasteiger charge is 2.06. The molecule has 0 fully saturated rings. The first-order valence-electron chi connectivity index (χ1n) is 6.07. The number of rotatable bonds is 2. The van der Waals surface area contributed by atoms with Crippen molar-refractivity contribution in [1.82, 2.24) is 5.16 Å². The zero-order chi connectivity index (χ0) is 13.9. The number of benzene rings is 1. The lowest BCUT2D eigenvalue weighted by atomic mass is 10.2. The van der Waals surface area contributed by atoms with Gasteiger partial charge in [-0.2, -0.15) is 0 Å². The van der Waals surface area contributed by atoms with Crippen molar-refractivity contribution in [1.29, 1.82) is 0 Å². The Hall–Kier alpha value is -2.39. The second-order valence-electron chi connectivity index (χ2n) is 4.25. The van der Waals surface area contributed by atoms with Crippen LogP contribution in [0.2, 0.25) is 5.02 Å². The molecule has 1 heterocycles. The van der Waals surface area contributed by atoms with Crippen molar-refractivity contribution in [3.05, 3.63) is 75.0 Å². The molecule has 4 heteroatoms. The summed E-state index contributed by atoms with van der Waals surface area (Å²) >= 11 is 6.08. The Labute approximate surface area is 120 Å². The Morgan fingerprint density at radius 1 is 1.00 bits per heavy atom. The third kappa shape index (κ3) is 2.36. The molecule has 98 valence electrons. The van der Waals surface area contributed by atoms with Gasteiger partial charge < -0.3 is 4.52 Å². The van der Waals surface area contributed by atoms with E-state index in [-0.39, 0.29) is 11.0 Å². The Kier molecular flexibility index (Phi) is 3.35. The molecule has 3 nitrogen and oxygen atoms in total. The molecule has 3 aromatic rings. The minimum Gasteiger partial charge on any atom is -0.351 e. The molecule has 0 spiro atoms. The normalized spacial score (nSPS) is 11.2. The van der Waals surface area contributed by atoms with E-state index in [4.69, 9.17) is 16.1 Å². The lowest BCUT2D eigenvalue weighted by molar-refractivity contribution is 0.453. The summed E-state index contributed by atoms with van der Waals surface area (Å²) in [5.74, 6) is 0. The van der Waals surface area contributed by atoms with Gasteiger partial charge in [-0.3, -0.25) is 4.79 Å². The SMILES string of the molecule is O=c1ccccc2c(/C=C/c3ccccc3Cl)noc12. The minimum absolute atomic E-state index is 0.185. The number of halogens is 1. The van der Waals surface area contributed by atoms with Gasteiger partial charge in [-0.05, 0) is 29.8 Å². The van der Waals surface area contributed by atoms with Crippen molar-refractivity contribution in [3.8, 4) is 0 Å². The van der Waals surface area contributed by atoms with Gasteiger partial charge in [-0.25, -0.2) is 0 Å². The summed E-state index contributed by atoms with van der Waals surface area (Å²) in [5, 5.41) is 5.27. The molecular weight excluding hydrogens is 274 g/mol. The maximum absolute atomic E-state index is 11.7. The molecule has 0 saturated heterocycles. The molecule has 2 aromatic carbocycles. The molecule has 3 rings (SSSR count). The van der Waals surface area contributed by atoms with E-state index in [0.717, 1.165) is 5.56 Å². The van der Waals surface area contributed by atoms with Gasteiger partial charge in [-0.1, -0.05) is 53.2 Å². The van der Waals surface area contributed by atoms with Crippen LogP contribution in [0.15, 0.2) is 57.8 Å². The van der Waals surface area contributed by atoms with Crippen LogP contribution in [0.4, 0.5) is 0 Å². The fourth-order valence-corrected chi connectivity index (χ4v) is 2.12. The molecular formula is C16H10ClNO2. The molecule has 0 aliphatic heterocycles. The Balaban J connectivity index is 2.09. The number of fused-ring (bicyclic) bond motifs is 1. The van der Waals surface area contributed by atoms with Gasteiger partial charge in [-0.15, -0.1) is 0 Å². The van der Waals surface area contributed by atoms with Crippen LogP contribution in [0.3, 0.4) is 0 Å². The van der Waals surface area contributed by atoms with E-state index in [1.165, 1.54) is 6.07 Å². The summed E-state index contributed by atoms with van der Waals surface area (Å²) < 4.78 is 5.11. The van der Waals surface area contributed by atoms with Gasteiger partial charge in [0.2, 0.25) is 11.0 Å². The first-order valence-corrected chi connectivity index (χ1v) is 6.45. The summed E-state index contributed by atoms with van der Waals surface area (Å²) in [7, 11) is 0. The van der Waals surface area contributed by atoms with E-state index in [9.17, 15) is 4.79 Å². The number of nitrogens with zero attached hydrogens (tertiary/aromatic N) is 1. The smallest absolute Gasteiger partial charge is 0.224 e. The maximum Gasteiger partial charge on any atom is 0.224 e. The summed E-state index contributed by atoms with van der Waals surface area (Å²) in [4.78, 5) is 11.7. The van der Waals surface area contributed by atoms with Gasteiger partial charge >= 0.3 is 0 Å². The van der Waals surface area contributed by atoms with Crippen molar-refractivity contribution in [3.63, 3.8) is 0 Å². The van der Waals surface area contributed by atoms with Crippen molar-refractivity contribution in [2.24, 2.45) is 0 Å². The van der Waals surface area contributed by atoms with Crippen LogP contribution in [0.1, 0.15) is 11.3 Å². The van der Waals surface area contributed by atoms with E-state index >= 15 is 0 Å². The number of aromatic nitrogens is 1. The van der Waals surface area contributed by atoms with Crippen molar-refractivity contribution in [2.75, 3.05) is 0 Å². The average molecular weight is 284 g/mol. The van der Waals surface area contributed by atoms with Crippen molar-refractivity contribution in [2.45, 2.75) is 0 Å². The van der Waals surface area contributed by atoms with E-state index in [2.05, 4.69) is 5.16 Å². The van der Waals surface area contributed by atoms with Crippen LogP contribution < -0.4 is 5.43 Å². The largest absolute Gasteiger partial charge is 0.351 e. The Bertz CT molecular complexity index is 852. The van der Waals surface area contributed by atoms with E-state index in [1.54, 1.807) is 24.3 Å². The molecule has 0 radical (unpaired) electrons. The predicted octanol–water partition coefficient (Wildman–Crippen LogP) is 4.01. The molecule has 0 atom stereocenters. The van der Waals surface area contributed by atoms with Gasteiger partial charge in [0.15, 0.2) is 0 Å². The average Bonchev–Trinajstić information content (AvgIpc) is 2.76. The van der Waals surface area contributed by atoms with Crippen LogP contribution in [0, 0.1) is 0 Å². The van der Waals surface area contributed by atoms with Crippen LogP contribution in [0.5, 0.6) is 0 Å². The number of hydrogen-bond donors (Lipinski definition) is 0. The van der Waals surface area contributed by atoms with E-state index < -0.39 is 0 Å². The predicted molar refractivity (Wildman–Crippen MR) is 80.7 cm³/mol. The highest BCUT2D eigenvalue weighted by Crippen LogP contribution is 2.20.